The van der Waals surface area contributed by atoms with Gasteiger partial charge >= 0.3 is 0 Å². The van der Waals surface area contributed by atoms with Crippen molar-refractivity contribution < 1.29 is 8.42 Å². The molecule has 0 radical (unpaired) electrons. The van der Waals surface area contributed by atoms with Gasteiger partial charge in [0.25, 0.3) is 10.0 Å². The zero-order valence-electron chi connectivity index (χ0n) is 14.1. The van der Waals surface area contributed by atoms with Gasteiger partial charge in [-0.2, -0.15) is 0 Å². The van der Waals surface area contributed by atoms with Gasteiger partial charge in [0.05, 0.1) is 10.4 Å². The van der Waals surface area contributed by atoms with Crippen LogP contribution < -0.4 is 10.2 Å². The van der Waals surface area contributed by atoms with Crippen LogP contribution in [0.25, 0.3) is 10.9 Å². The van der Waals surface area contributed by atoms with E-state index in [1.807, 2.05) is 31.2 Å². The summed E-state index contributed by atoms with van der Waals surface area (Å²) in [6.07, 6.45) is 0. The van der Waals surface area contributed by atoms with E-state index in [1.165, 1.54) is 3.97 Å². The molecule has 0 spiro atoms. The number of nitrogens with zero attached hydrogens (tertiary/aromatic N) is 2. The lowest BCUT2D eigenvalue weighted by Crippen LogP contribution is -2.43. The number of fused-ring (bicyclic) bond motifs is 1. The Morgan fingerprint density at radius 2 is 1.68 bits per heavy atom. The number of aryl methyl sites for hydroxylation is 1. The summed E-state index contributed by atoms with van der Waals surface area (Å²) < 4.78 is 27.8. The first-order valence-electron chi connectivity index (χ1n) is 8.46. The molecule has 25 heavy (non-hydrogen) atoms. The van der Waals surface area contributed by atoms with Gasteiger partial charge in [-0.25, -0.2) is 12.4 Å². The van der Waals surface area contributed by atoms with Crippen molar-refractivity contribution in [1.82, 2.24) is 9.29 Å². The molecule has 0 aliphatic carbocycles. The minimum atomic E-state index is -3.61. The highest BCUT2D eigenvalue weighted by molar-refractivity contribution is 7.90. The fourth-order valence-electron chi connectivity index (χ4n) is 3.52. The minimum Gasteiger partial charge on any atom is -0.368 e. The maximum Gasteiger partial charge on any atom is 0.268 e. The largest absolute Gasteiger partial charge is 0.368 e. The van der Waals surface area contributed by atoms with Crippen LogP contribution in [0.5, 0.6) is 0 Å². The highest BCUT2D eigenvalue weighted by Gasteiger charge is 2.23. The molecule has 6 heteroatoms. The van der Waals surface area contributed by atoms with Crippen molar-refractivity contribution in [3.05, 3.63) is 60.3 Å². The van der Waals surface area contributed by atoms with E-state index >= 15 is 0 Å². The minimum absolute atomic E-state index is 0.308. The van der Waals surface area contributed by atoms with Gasteiger partial charge in [-0.15, -0.1) is 0 Å². The number of hydrogen-bond acceptors (Lipinski definition) is 4. The van der Waals surface area contributed by atoms with Gasteiger partial charge in [-0.05, 0) is 37.3 Å². The van der Waals surface area contributed by atoms with Gasteiger partial charge in [0.2, 0.25) is 0 Å². The normalized spacial score (nSPS) is 15.6. The van der Waals surface area contributed by atoms with Crippen molar-refractivity contribution in [2.75, 3.05) is 31.1 Å². The maximum absolute atomic E-state index is 13.2. The third kappa shape index (κ3) is 2.71. The molecule has 2 heterocycles. The van der Waals surface area contributed by atoms with E-state index in [0.29, 0.717) is 4.90 Å². The molecule has 1 aliphatic heterocycles. The van der Waals surface area contributed by atoms with Crippen LogP contribution in [-0.4, -0.2) is 38.6 Å². The number of nitrogens with one attached hydrogen (secondary N) is 1. The zero-order valence-corrected chi connectivity index (χ0v) is 15.0. The highest BCUT2D eigenvalue weighted by Crippen LogP contribution is 2.32. The van der Waals surface area contributed by atoms with Crippen molar-refractivity contribution in [2.45, 2.75) is 11.8 Å². The van der Waals surface area contributed by atoms with Crippen LogP contribution in [0.15, 0.2) is 59.5 Å². The Kier molecular flexibility index (Phi) is 4.01. The molecule has 5 nitrogen and oxygen atoms in total. The van der Waals surface area contributed by atoms with Crippen molar-refractivity contribution >= 4 is 26.6 Å². The summed E-state index contributed by atoms with van der Waals surface area (Å²) in [4.78, 5) is 2.63. The van der Waals surface area contributed by atoms with Crippen LogP contribution in [0.3, 0.4) is 0 Å². The molecule has 1 aliphatic rings. The second-order valence-corrected chi connectivity index (χ2v) is 8.10. The molecule has 2 aromatic carbocycles. The lowest BCUT2D eigenvalue weighted by atomic mass is 10.2. The van der Waals surface area contributed by atoms with E-state index in [2.05, 4.69) is 16.3 Å². The molecule has 1 fully saturated rings. The van der Waals surface area contributed by atoms with Crippen LogP contribution in [0.2, 0.25) is 0 Å². The molecule has 4 rings (SSSR count). The number of rotatable bonds is 3. The predicted molar refractivity (Wildman–Crippen MR) is 101 cm³/mol. The number of aromatic nitrogens is 1. The summed E-state index contributed by atoms with van der Waals surface area (Å²) >= 11 is 0. The van der Waals surface area contributed by atoms with Gasteiger partial charge in [0.1, 0.15) is 0 Å². The Labute approximate surface area is 147 Å². The second kappa shape index (κ2) is 6.20. The van der Waals surface area contributed by atoms with Crippen LogP contribution >= 0.6 is 0 Å². The van der Waals surface area contributed by atoms with E-state index in [9.17, 15) is 8.42 Å². The second-order valence-electron chi connectivity index (χ2n) is 6.32. The number of hydrogen-bond donors (Lipinski definition) is 1. The Morgan fingerprint density at radius 3 is 2.40 bits per heavy atom. The smallest absolute Gasteiger partial charge is 0.268 e. The fourth-order valence-corrected chi connectivity index (χ4v) is 5.08. The van der Waals surface area contributed by atoms with Crippen LogP contribution in [0, 0.1) is 6.92 Å². The van der Waals surface area contributed by atoms with Crippen molar-refractivity contribution in [1.29, 1.82) is 0 Å². The lowest BCUT2D eigenvalue weighted by molar-refractivity contribution is 0.588. The van der Waals surface area contributed by atoms with Crippen LogP contribution in [-0.2, 0) is 10.0 Å². The quantitative estimate of drug-likeness (QED) is 0.785. The fraction of sp³-hybridized carbons (Fsp3) is 0.263. The molecular formula is C19H21N3O2S. The highest BCUT2D eigenvalue weighted by atomic mass is 32.2. The maximum atomic E-state index is 13.2. The van der Waals surface area contributed by atoms with Crippen LogP contribution in [0.4, 0.5) is 5.69 Å². The van der Waals surface area contributed by atoms with Crippen molar-refractivity contribution in [3.63, 3.8) is 0 Å². The Bertz CT molecular complexity index is 1000. The van der Waals surface area contributed by atoms with E-state index in [0.717, 1.165) is 48.5 Å². The zero-order chi connectivity index (χ0) is 17.4. The molecule has 1 aromatic heterocycles. The van der Waals surface area contributed by atoms with Gasteiger partial charge in [-0.3, -0.25) is 0 Å². The average molecular weight is 355 g/mol. The molecule has 0 bridgehead atoms. The van der Waals surface area contributed by atoms with Crippen LogP contribution in [0.1, 0.15) is 5.69 Å². The first-order valence-corrected chi connectivity index (χ1v) is 9.90. The molecule has 0 amide bonds. The molecule has 3 aromatic rings. The number of anilines is 1. The summed E-state index contributed by atoms with van der Waals surface area (Å²) in [6, 6.07) is 16.5. The molecule has 130 valence electrons. The summed E-state index contributed by atoms with van der Waals surface area (Å²) in [5.41, 5.74) is 2.56. The molecule has 0 unspecified atom stereocenters. The standard InChI is InChI=1S/C19H21N3O2S/c1-15-14-17-18(21-12-10-20-11-13-21)8-5-9-19(17)22(15)25(23,24)16-6-3-2-4-7-16/h2-9,14,20H,10-13H2,1H3. The van der Waals surface area contributed by atoms with Gasteiger partial charge in [-0.1, -0.05) is 24.3 Å². The topological polar surface area (TPSA) is 54.3 Å². The SMILES string of the molecule is Cc1cc2c(N3CCNCC3)cccc2n1S(=O)(=O)c1ccccc1. The lowest BCUT2D eigenvalue weighted by Gasteiger charge is -2.30. The first-order chi connectivity index (χ1) is 12.1. The van der Waals surface area contributed by atoms with E-state index in [-0.39, 0.29) is 0 Å². The Morgan fingerprint density at radius 1 is 0.960 bits per heavy atom. The Balaban J connectivity index is 1.90. The van der Waals surface area contributed by atoms with Crippen molar-refractivity contribution in [2.24, 2.45) is 0 Å². The summed E-state index contributed by atoms with van der Waals surface area (Å²) in [6.45, 7) is 5.59. The summed E-state index contributed by atoms with van der Waals surface area (Å²) in [5, 5.41) is 4.34. The number of piperazine rings is 1. The third-order valence-corrected chi connectivity index (χ3v) is 6.52. The van der Waals surface area contributed by atoms with Crippen molar-refractivity contribution in [3.8, 4) is 0 Å². The molecular weight excluding hydrogens is 334 g/mol. The van der Waals surface area contributed by atoms with E-state index in [4.69, 9.17) is 0 Å². The monoisotopic (exact) mass is 355 g/mol. The average Bonchev–Trinajstić information content (AvgIpc) is 2.99. The van der Waals surface area contributed by atoms with E-state index in [1.54, 1.807) is 24.3 Å². The molecule has 0 saturated carbocycles. The van der Waals surface area contributed by atoms with Gasteiger partial charge in [0.15, 0.2) is 0 Å². The molecule has 0 atom stereocenters. The van der Waals surface area contributed by atoms with E-state index < -0.39 is 10.0 Å². The third-order valence-electron chi connectivity index (χ3n) is 4.69. The predicted octanol–water partition coefficient (Wildman–Crippen LogP) is 2.60. The Hall–Kier alpha value is -2.31. The van der Waals surface area contributed by atoms with Gasteiger partial charge < -0.3 is 10.2 Å². The molecule has 1 saturated heterocycles. The number of benzene rings is 2. The summed E-state index contributed by atoms with van der Waals surface area (Å²) in [7, 11) is -3.61. The first kappa shape index (κ1) is 16.2. The molecule has 1 N–H and O–H groups in total. The van der Waals surface area contributed by atoms with Gasteiger partial charge in [0, 0.05) is 42.9 Å². The summed E-state index contributed by atoms with van der Waals surface area (Å²) in [5.74, 6) is 0.